The summed E-state index contributed by atoms with van der Waals surface area (Å²) in [5.74, 6) is 0.627. The molecule has 1 amide bonds. The second kappa shape index (κ2) is 8.41. The molecule has 0 N–H and O–H groups in total. The number of hydrogen-bond acceptors (Lipinski definition) is 6. The van der Waals surface area contributed by atoms with Crippen LogP contribution in [0.5, 0.6) is 5.75 Å². The van der Waals surface area contributed by atoms with E-state index in [1.165, 1.54) is 0 Å². The molecule has 3 aromatic rings. The molecule has 1 aromatic heterocycles. The van der Waals surface area contributed by atoms with E-state index in [-0.39, 0.29) is 17.1 Å². The molecule has 1 atom stereocenters. The summed E-state index contributed by atoms with van der Waals surface area (Å²) >= 11 is 0. The zero-order valence-corrected chi connectivity index (χ0v) is 18.3. The molecule has 5 rings (SSSR count). The third-order valence-electron chi connectivity index (χ3n) is 6.31. The number of nitrogens with zero attached hydrogens (tertiary/aromatic N) is 2. The second-order valence-corrected chi connectivity index (χ2v) is 8.30. The van der Waals surface area contributed by atoms with E-state index in [1.807, 2.05) is 43.3 Å². The van der Waals surface area contributed by atoms with Crippen LogP contribution in [0.2, 0.25) is 0 Å². The van der Waals surface area contributed by atoms with E-state index >= 15 is 0 Å². The van der Waals surface area contributed by atoms with E-state index in [9.17, 15) is 9.59 Å². The first kappa shape index (κ1) is 20.7. The minimum atomic E-state index is -0.495. The van der Waals surface area contributed by atoms with Crippen LogP contribution < -0.4 is 10.2 Å². The lowest BCUT2D eigenvalue weighted by molar-refractivity contribution is 0.0314. The van der Waals surface area contributed by atoms with Crippen LogP contribution in [0.3, 0.4) is 0 Å². The average molecular weight is 434 g/mol. The molecule has 1 fully saturated rings. The van der Waals surface area contributed by atoms with Gasteiger partial charge in [0.05, 0.1) is 37.3 Å². The fourth-order valence-corrected chi connectivity index (χ4v) is 4.57. The second-order valence-electron chi connectivity index (χ2n) is 8.30. The first-order valence-electron chi connectivity index (χ1n) is 10.9. The van der Waals surface area contributed by atoms with Crippen LogP contribution in [0.25, 0.3) is 11.0 Å². The topological polar surface area (TPSA) is 72.2 Å². The summed E-state index contributed by atoms with van der Waals surface area (Å²) < 4.78 is 16.7. The standard InChI is InChI=1S/C25H26N2O5/c1-16-3-8-20-19(15-16)23(28)21-22(17-4-6-18(30-2)7-5-17)27(25(29)24(21)32-20)10-9-26-11-13-31-14-12-26/h3-8,15,22H,9-14H2,1-2H3. The molecule has 0 radical (unpaired) electrons. The summed E-state index contributed by atoms with van der Waals surface area (Å²) in [6, 6.07) is 12.5. The van der Waals surface area contributed by atoms with Crippen molar-refractivity contribution in [2.24, 2.45) is 0 Å². The number of carbonyl (C=O) groups is 1. The van der Waals surface area contributed by atoms with Gasteiger partial charge in [-0.3, -0.25) is 14.5 Å². The van der Waals surface area contributed by atoms with Crippen molar-refractivity contribution in [2.45, 2.75) is 13.0 Å². The van der Waals surface area contributed by atoms with E-state index in [0.717, 1.165) is 30.0 Å². The average Bonchev–Trinajstić information content (AvgIpc) is 3.10. The van der Waals surface area contributed by atoms with Gasteiger partial charge in [-0.15, -0.1) is 0 Å². The van der Waals surface area contributed by atoms with Gasteiger partial charge in [0.15, 0.2) is 5.43 Å². The van der Waals surface area contributed by atoms with Gasteiger partial charge < -0.3 is 18.8 Å². The Morgan fingerprint density at radius 1 is 1.03 bits per heavy atom. The van der Waals surface area contributed by atoms with Gasteiger partial charge in [-0.05, 0) is 36.8 Å². The number of benzene rings is 2. The Bertz CT molecular complexity index is 1210. The van der Waals surface area contributed by atoms with Crippen molar-refractivity contribution in [1.29, 1.82) is 0 Å². The van der Waals surface area contributed by atoms with E-state index in [0.29, 0.717) is 42.8 Å². The third-order valence-corrected chi connectivity index (χ3v) is 6.31. The number of rotatable bonds is 5. The molecule has 32 heavy (non-hydrogen) atoms. The number of aryl methyl sites for hydroxylation is 1. The Balaban J connectivity index is 1.60. The van der Waals surface area contributed by atoms with Crippen LogP contribution in [-0.2, 0) is 4.74 Å². The summed E-state index contributed by atoms with van der Waals surface area (Å²) in [4.78, 5) is 31.1. The van der Waals surface area contributed by atoms with Crippen LogP contribution in [-0.4, -0.2) is 62.2 Å². The monoisotopic (exact) mass is 434 g/mol. The van der Waals surface area contributed by atoms with Crippen molar-refractivity contribution in [2.75, 3.05) is 46.5 Å². The molecule has 0 bridgehead atoms. The molecular weight excluding hydrogens is 408 g/mol. The van der Waals surface area contributed by atoms with Crippen LogP contribution in [0.15, 0.2) is 51.7 Å². The molecule has 2 aliphatic heterocycles. The molecule has 0 spiro atoms. The first-order chi connectivity index (χ1) is 15.6. The van der Waals surface area contributed by atoms with Crippen molar-refractivity contribution in [1.82, 2.24) is 9.80 Å². The van der Waals surface area contributed by atoms with E-state index in [1.54, 1.807) is 18.1 Å². The van der Waals surface area contributed by atoms with Crippen molar-refractivity contribution < 1.29 is 18.7 Å². The lowest BCUT2D eigenvalue weighted by Gasteiger charge is -2.31. The first-order valence-corrected chi connectivity index (χ1v) is 10.9. The smallest absolute Gasteiger partial charge is 0.290 e. The Labute approximate surface area is 186 Å². The predicted octanol–water partition coefficient (Wildman–Crippen LogP) is 2.99. The molecule has 166 valence electrons. The highest BCUT2D eigenvalue weighted by Crippen LogP contribution is 2.38. The molecule has 0 saturated carbocycles. The highest BCUT2D eigenvalue weighted by atomic mass is 16.5. The number of morpholine rings is 1. The summed E-state index contributed by atoms with van der Waals surface area (Å²) in [6.45, 7) is 6.21. The molecule has 3 heterocycles. The van der Waals surface area contributed by atoms with Gasteiger partial charge in [-0.25, -0.2) is 0 Å². The third kappa shape index (κ3) is 3.57. The maximum atomic E-state index is 13.6. The Morgan fingerprint density at radius 3 is 2.50 bits per heavy atom. The van der Waals surface area contributed by atoms with Crippen LogP contribution in [0.1, 0.15) is 33.3 Å². The van der Waals surface area contributed by atoms with E-state index in [2.05, 4.69) is 4.90 Å². The Hall–Kier alpha value is -3.16. The molecule has 7 heteroatoms. The molecule has 0 aliphatic carbocycles. The Morgan fingerprint density at radius 2 is 1.78 bits per heavy atom. The van der Waals surface area contributed by atoms with Crippen LogP contribution in [0, 0.1) is 6.92 Å². The van der Waals surface area contributed by atoms with Gasteiger partial charge in [0.1, 0.15) is 11.3 Å². The minimum absolute atomic E-state index is 0.145. The summed E-state index contributed by atoms with van der Waals surface area (Å²) in [5, 5.41) is 0.505. The summed E-state index contributed by atoms with van der Waals surface area (Å²) in [7, 11) is 1.61. The van der Waals surface area contributed by atoms with Gasteiger partial charge in [0.2, 0.25) is 5.76 Å². The minimum Gasteiger partial charge on any atom is -0.497 e. The quantitative estimate of drug-likeness (QED) is 0.615. The predicted molar refractivity (Wildman–Crippen MR) is 120 cm³/mol. The summed E-state index contributed by atoms with van der Waals surface area (Å²) in [5.41, 5.74) is 2.54. The fourth-order valence-electron chi connectivity index (χ4n) is 4.57. The maximum Gasteiger partial charge on any atom is 0.290 e. The normalized spacial score (nSPS) is 18.9. The number of carbonyl (C=O) groups excluding carboxylic acids is 1. The lowest BCUT2D eigenvalue weighted by Crippen LogP contribution is -2.42. The van der Waals surface area contributed by atoms with Crippen LogP contribution in [0.4, 0.5) is 0 Å². The number of hydrogen-bond donors (Lipinski definition) is 0. The molecule has 1 unspecified atom stereocenters. The van der Waals surface area contributed by atoms with E-state index in [4.69, 9.17) is 13.9 Å². The highest BCUT2D eigenvalue weighted by Gasteiger charge is 2.42. The highest BCUT2D eigenvalue weighted by molar-refractivity contribution is 5.99. The fraction of sp³-hybridized carbons (Fsp3) is 0.360. The van der Waals surface area contributed by atoms with Gasteiger partial charge in [-0.1, -0.05) is 23.8 Å². The van der Waals surface area contributed by atoms with Gasteiger partial charge >= 0.3 is 0 Å². The number of fused-ring (bicyclic) bond motifs is 2. The van der Waals surface area contributed by atoms with Crippen LogP contribution >= 0.6 is 0 Å². The lowest BCUT2D eigenvalue weighted by atomic mass is 9.98. The van der Waals surface area contributed by atoms with Crippen molar-refractivity contribution in [3.8, 4) is 5.75 Å². The number of ether oxygens (including phenoxy) is 2. The van der Waals surface area contributed by atoms with E-state index < -0.39 is 6.04 Å². The molecular formula is C25H26N2O5. The zero-order chi connectivity index (χ0) is 22.2. The van der Waals surface area contributed by atoms with Gasteiger partial charge in [0, 0.05) is 26.2 Å². The largest absolute Gasteiger partial charge is 0.497 e. The molecule has 2 aromatic carbocycles. The zero-order valence-electron chi connectivity index (χ0n) is 18.3. The maximum absolute atomic E-state index is 13.6. The summed E-state index contributed by atoms with van der Waals surface area (Å²) in [6.07, 6.45) is 0. The Kier molecular flexibility index (Phi) is 5.45. The molecule has 7 nitrogen and oxygen atoms in total. The SMILES string of the molecule is COc1ccc(C2c3c(oc4ccc(C)cc4c3=O)C(=O)N2CCN2CCOCC2)cc1. The van der Waals surface area contributed by atoms with Crippen molar-refractivity contribution >= 4 is 16.9 Å². The molecule has 1 saturated heterocycles. The molecule has 2 aliphatic rings. The number of methoxy groups -OCH3 is 1. The van der Waals surface area contributed by atoms with Crippen molar-refractivity contribution in [3.63, 3.8) is 0 Å². The van der Waals surface area contributed by atoms with Gasteiger partial charge in [-0.2, -0.15) is 0 Å². The number of amides is 1. The van der Waals surface area contributed by atoms with Gasteiger partial charge in [0.25, 0.3) is 5.91 Å². The van der Waals surface area contributed by atoms with Crippen molar-refractivity contribution in [3.05, 3.63) is 75.1 Å².